The minimum atomic E-state index is -0.251. The highest BCUT2D eigenvalue weighted by Crippen LogP contribution is 2.27. The quantitative estimate of drug-likeness (QED) is 0.0560. The van der Waals surface area contributed by atoms with Crippen molar-refractivity contribution >= 4 is 59.5 Å². The molecule has 14 nitrogen and oxygen atoms in total. The third kappa shape index (κ3) is 15.7. The summed E-state index contributed by atoms with van der Waals surface area (Å²) < 4.78 is 28.0. The maximum absolute atomic E-state index is 14.0. The van der Waals surface area contributed by atoms with Crippen LogP contribution in [0, 0.1) is 37.3 Å². The van der Waals surface area contributed by atoms with Gasteiger partial charge in [0.05, 0.1) is 0 Å². The Morgan fingerprint density at radius 3 is 1.18 bits per heavy atom. The van der Waals surface area contributed by atoms with Crippen LogP contribution >= 0.6 is 12.4 Å². The molecule has 2 aliphatic heterocycles. The van der Waals surface area contributed by atoms with E-state index in [1.807, 2.05) is 12.1 Å². The molecule has 0 amide bonds. The Morgan fingerprint density at radius 1 is 0.485 bits per heavy atom. The second kappa shape index (κ2) is 26.6. The molecule has 66 heavy (non-hydrogen) atoms. The summed E-state index contributed by atoms with van der Waals surface area (Å²) in [6, 6.07) is 11.1. The molecular weight excluding hydrogens is 858 g/mol. The molecule has 2 aliphatic carbocycles. The van der Waals surface area contributed by atoms with Crippen LogP contribution in [-0.2, 0) is 0 Å². The van der Waals surface area contributed by atoms with Gasteiger partial charge in [-0.1, -0.05) is 71.9 Å². The van der Waals surface area contributed by atoms with Gasteiger partial charge in [0.15, 0.2) is 0 Å². The summed E-state index contributed by atoms with van der Waals surface area (Å²) in [7, 11) is 0. The molecule has 17 heteroatoms. The Bertz CT molecular complexity index is 1920. The van der Waals surface area contributed by atoms with Gasteiger partial charge in [0.25, 0.3) is 0 Å². The first-order chi connectivity index (χ1) is 31.2. The zero-order valence-electron chi connectivity index (χ0n) is 39.1. The van der Waals surface area contributed by atoms with Gasteiger partial charge in [-0.15, -0.1) is 12.4 Å². The number of rotatable bonds is 18. The molecule has 2 aromatic carbocycles. The van der Waals surface area contributed by atoms with E-state index >= 15 is 0 Å². The maximum Gasteiger partial charge on any atom is 0.233 e. The Balaban J connectivity index is 0.000000240. The fourth-order valence-electron chi connectivity index (χ4n) is 9.54. The van der Waals surface area contributed by atoms with Crippen molar-refractivity contribution in [1.29, 1.82) is 0 Å². The smallest absolute Gasteiger partial charge is 0.233 e. The molecule has 4 aromatic rings. The molecule has 2 aromatic heterocycles. The highest BCUT2D eigenvalue weighted by atomic mass is 35.5. The molecule has 2 saturated carbocycles. The van der Waals surface area contributed by atoms with Crippen LogP contribution in [0.25, 0.3) is 0 Å². The van der Waals surface area contributed by atoms with Gasteiger partial charge in [-0.05, 0) is 139 Å². The van der Waals surface area contributed by atoms with Gasteiger partial charge < -0.3 is 31.9 Å². The van der Waals surface area contributed by atoms with E-state index in [1.165, 1.54) is 102 Å². The average molecular weight is 936 g/mol. The van der Waals surface area contributed by atoms with E-state index in [-0.39, 0.29) is 31.5 Å². The van der Waals surface area contributed by atoms with Crippen molar-refractivity contribution in [2.24, 2.45) is 11.8 Å². The van der Waals surface area contributed by atoms with Gasteiger partial charge in [0, 0.05) is 49.6 Å². The highest BCUT2D eigenvalue weighted by Gasteiger charge is 2.25. The molecule has 4 aliphatic rings. The largest absolute Gasteiger partial charge is 0.354 e. The lowest BCUT2D eigenvalue weighted by Crippen LogP contribution is -2.35. The van der Waals surface area contributed by atoms with Gasteiger partial charge >= 0.3 is 0 Å². The number of nitrogens with one attached hydrogen (secondary N) is 6. The lowest BCUT2D eigenvalue weighted by Gasteiger charge is -2.23. The number of halogens is 3. The highest BCUT2D eigenvalue weighted by molar-refractivity contribution is 5.85. The predicted octanol–water partition coefficient (Wildman–Crippen LogP) is 11.0. The molecule has 364 valence electrons. The Labute approximate surface area is 399 Å². The van der Waals surface area contributed by atoms with Crippen LogP contribution < -0.4 is 31.9 Å². The van der Waals surface area contributed by atoms with E-state index in [0.717, 1.165) is 52.4 Å². The van der Waals surface area contributed by atoms with Crippen LogP contribution in [-0.4, -0.2) is 104 Å². The Kier molecular flexibility index (Phi) is 21.1. The van der Waals surface area contributed by atoms with Crippen molar-refractivity contribution in [1.82, 2.24) is 39.7 Å². The lowest BCUT2D eigenvalue weighted by atomic mass is 9.89. The van der Waals surface area contributed by atoms with Crippen LogP contribution in [0.5, 0.6) is 0 Å². The number of nitrogens with zero attached hydrogens (tertiary/aromatic N) is 8. The minimum absolute atomic E-state index is 0. The van der Waals surface area contributed by atoms with Crippen molar-refractivity contribution in [3.8, 4) is 0 Å². The van der Waals surface area contributed by atoms with Gasteiger partial charge in [-0.25, -0.2) is 8.78 Å². The van der Waals surface area contributed by atoms with E-state index in [4.69, 9.17) is 0 Å². The summed E-state index contributed by atoms with van der Waals surface area (Å²) in [5.74, 6) is 3.86. The summed E-state index contributed by atoms with van der Waals surface area (Å²) >= 11 is 0. The summed E-state index contributed by atoms with van der Waals surface area (Å²) in [5, 5.41) is 20.0. The fourth-order valence-corrected chi connectivity index (χ4v) is 9.54. The van der Waals surface area contributed by atoms with Crippen LogP contribution in [0.15, 0.2) is 36.4 Å². The summed E-state index contributed by atoms with van der Waals surface area (Å²) in [6.07, 6.45) is 17.8. The van der Waals surface area contributed by atoms with Crippen LogP contribution in [0.4, 0.5) is 55.8 Å². The van der Waals surface area contributed by atoms with E-state index in [2.05, 4.69) is 85.5 Å². The van der Waals surface area contributed by atoms with E-state index in [9.17, 15) is 8.78 Å². The number of aryl methyl sites for hydroxylation is 2. The summed E-state index contributed by atoms with van der Waals surface area (Å²) in [4.78, 5) is 32.5. The molecule has 0 spiro atoms. The van der Waals surface area contributed by atoms with Gasteiger partial charge in [-0.3, -0.25) is 9.80 Å². The van der Waals surface area contributed by atoms with Crippen molar-refractivity contribution in [3.05, 3.63) is 59.2 Å². The zero-order chi connectivity index (χ0) is 44.7. The first-order valence-corrected chi connectivity index (χ1v) is 24.2. The van der Waals surface area contributed by atoms with Crippen LogP contribution in [0.1, 0.15) is 122 Å². The molecule has 2 unspecified atom stereocenters. The fraction of sp³-hybridized carbons (Fsp3) is 0.633. The van der Waals surface area contributed by atoms with Crippen LogP contribution in [0.3, 0.4) is 0 Å². The Morgan fingerprint density at radius 2 is 0.833 bits per heavy atom. The molecule has 0 bridgehead atoms. The SMILES string of the molecule is C.CCN1CCCC1CNc1nc(NCC2CCCCC2)nc(Nc2ccc(C)c(F)c2)n1.CCN1CCCC1CNc1nc(NCC2CCCCC2)nc(Nc2ccc(C)c(F)c2)n1.Cl. The van der Waals surface area contributed by atoms with Gasteiger partial charge in [0.2, 0.25) is 35.7 Å². The molecule has 2 atom stereocenters. The van der Waals surface area contributed by atoms with E-state index in [1.54, 1.807) is 26.0 Å². The number of hydrogen-bond donors (Lipinski definition) is 6. The minimum Gasteiger partial charge on any atom is -0.354 e. The number of anilines is 8. The topological polar surface area (TPSA) is 156 Å². The predicted molar refractivity (Wildman–Crippen MR) is 270 cm³/mol. The Hall–Kier alpha value is -4.67. The molecule has 4 fully saturated rings. The van der Waals surface area contributed by atoms with Crippen LogP contribution in [0.2, 0.25) is 0 Å². The van der Waals surface area contributed by atoms with Gasteiger partial charge in [0.1, 0.15) is 11.6 Å². The third-order valence-corrected chi connectivity index (χ3v) is 13.5. The van der Waals surface area contributed by atoms with Crippen molar-refractivity contribution in [2.45, 2.75) is 137 Å². The number of likely N-dealkylation sites (tertiary alicyclic amines) is 2. The number of hydrogen-bond acceptors (Lipinski definition) is 14. The average Bonchev–Trinajstić information content (AvgIpc) is 3.99. The first-order valence-electron chi connectivity index (χ1n) is 24.2. The third-order valence-electron chi connectivity index (χ3n) is 13.5. The second-order valence-corrected chi connectivity index (χ2v) is 18.2. The number of likely N-dealkylation sites (N-methyl/N-ethyl adjacent to an activating group) is 2. The van der Waals surface area contributed by atoms with Crippen molar-refractivity contribution in [2.75, 3.05) is 84.3 Å². The van der Waals surface area contributed by atoms with Crippen molar-refractivity contribution < 1.29 is 8.78 Å². The van der Waals surface area contributed by atoms with E-state index < -0.39 is 0 Å². The molecule has 8 rings (SSSR count). The summed E-state index contributed by atoms with van der Waals surface area (Å²) in [6.45, 7) is 15.7. The van der Waals surface area contributed by atoms with Crippen molar-refractivity contribution in [3.63, 3.8) is 0 Å². The normalized spacial score (nSPS) is 19.2. The maximum atomic E-state index is 14.0. The monoisotopic (exact) mass is 935 g/mol. The molecule has 4 heterocycles. The molecule has 2 saturated heterocycles. The second-order valence-electron chi connectivity index (χ2n) is 18.2. The summed E-state index contributed by atoms with van der Waals surface area (Å²) in [5.41, 5.74) is 2.47. The van der Waals surface area contributed by atoms with E-state index in [0.29, 0.717) is 82.1 Å². The standard InChI is InChI=1S/2C24H36FN7.CH4.ClH/c2*1-3-32-13-7-10-20(32)16-27-23-29-22(26-15-18-8-5-4-6-9-18)30-24(31-23)28-19-12-11-17(2)21(25)14-19;;/h2*11-12,14,18,20H,3-10,13,15-16H2,1-2H3,(H3,26,27,28,29,30,31);1H4;1H. The number of aromatic nitrogens is 6. The molecule has 6 N–H and O–H groups in total. The molecule has 0 radical (unpaired) electrons. The first kappa shape index (κ1) is 52.3. The lowest BCUT2D eigenvalue weighted by molar-refractivity contribution is 0.276. The zero-order valence-corrected chi connectivity index (χ0v) is 39.9. The number of benzene rings is 2. The molecular formula is C49H77ClF2N14. The van der Waals surface area contributed by atoms with Gasteiger partial charge in [-0.2, -0.15) is 29.9 Å².